The highest BCUT2D eigenvalue weighted by molar-refractivity contribution is 7.99. The molecule has 0 aliphatic rings. The van der Waals surface area contributed by atoms with Crippen LogP contribution in [0.1, 0.15) is 24.5 Å². The smallest absolute Gasteiger partial charge is 0.106 e. The van der Waals surface area contributed by atoms with Crippen molar-refractivity contribution in [1.82, 2.24) is 0 Å². The predicted molar refractivity (Wildman–Crippen MR) is 83.2 cm³/mol. The summed E-state index contributed by atoms with van der Waals surface area (Å²) >= 11 is 7.03. The van der Waals surface area contributed by atoms with E-state index in [1.54, 1.807) is 0 Å². The third-order valence-electron chi connectivity index (χ3n) is 2.51. The molecular weight excluding hydrogens is 248 g/mol. The maximum Gasteiger partial charge on any atom is 0.106 e. The average Bonchev–Trinajstić information content (AvgIpc) is 2.30. The summed E-state index contributed by atoms with van der Waals surface area (Å²) in [7, 11) is 0. The number of hydrogen-bond acceptors (Lipinski definition) is 3. The molecule has 1 rings (SSSR count). The number of benzene rings is 1. The number of nitrogens with one attached hydrogen (secondary N) is 1. The second kappa shape index (κ2) is 7.56. The van der Waals surface area contributed by atoms with E-state index >= 15 is 0 Å². The van der Waals surface area contributed by atoms with Gasteiger partial charge in [-0.3, -0.25) is 0 Å². The molecule has 0 saturated heterocycles. The Morgan fingerprint density at radius 1 is 1.47 bits per heavy atom. The lowest BCUT2D eigenvalue weighted by Gasteiger charge is -2.13. The molecule has 0 unspecified atom stereocenters. The quantitative estimate of drug-likeness (QED) is 0.588. The van der Waals surface area contributed by atoms with Crippen LogP contribution in [0.15, 0.2) is 18.2 Å². The average molecular weight is 268 g/mol. The molecule has 94 valence electrons. The molecule has 2 nitrogen and oxygen atoms in total. The van der Waals surface area contributed by atoms with E-state index in [1.165, 1.54) is 17.1 Å². The lowest BCUT2D eigenvalue weighted by atomic mass is 10.1. The second-order valence-electron chi connectivity index (χ2n) is 3.84. The van der Waals surface area contributed by atoms with Gasteiger partial charge in [0.2, 0.25) is 0 Å². The van der Waals surface area contributed by atoms with E-state index in [0.29, 0.717) is 4.99 Å². The van der Waals surface area contributed by atoms with E-state index in [2.05, 4.69) is 25.2 Å². The van der Waals surface area contributed by atoms with Crippen LogP contribution in [0.25, 0.3) is 0 Å². The summed E-state index contributed by atoms with van der Waals surface area (Å²) in [6.07, 6.45) is 1.16. The van der Waals surface area contributed by atoms with Gasteiger partial charge in [-0.2, -0.15) is 11.8 Å². The highest BCUT2D eigenvalue weighted by Crippen LogP contribution is 2.20. The lowest BCUT2D eigenvalue weighted by Crippen LogP contribution is -2.15. The van der Waals surface area contributed by atoms with Crippen LogP contribution in [-0.4, -0.2) is 23.0 Å². The summed E-state index contributed by atoms with van der Waals surface area (Å²) in [5.41, 5.74) is 8.95. The molecule has 0 heterocycles. The minimum Gasteiger partial charge on any atom is -0.389 e. The van der Waals surface area contributed by atoms with Gasteiger partial charge in [0.05, 0.1) is 0 Å². The van der Waals surface area contributed by atoms with Crippen molar-refractivity contribution in [1.29, 1.82) is 0 Å². The largest absolute Gasteiger partial charge is 0.389 e. The van der Waals surface area contributed by atoms with E-state index in [1.807, 2.05) is 23.9 Å². The molecule has 1 aromatic carbocycles. The Kier molecular flexibility index (Phi) is 6.37. The zero-order valence-electron chi connectivity index (χ0n) is 10.5. The first-order valence-electron chi connectivity index (χ1n) is 5.87. The van der Waals surface area contributed by atoms with Crippen LogP contribution in [0.2, 0.25) is 0 Å². The second-order valence-corrected chi connectivity index (χ2v) is 5.67. The van der Waals surface area contributed by atoms with Crippen LogP contribution in [0.3, 0.4) is 0 Å². The number of rotatable bonds is 7. The number of aryl methyl sites for hydroxylation is 1. The molecule has 0 atom stereocenters. The summed E-state index contributed by atoms with van der Waals surface area (Å²) in [6.45, 7) is 5.22. The fraction of sp³-hybridized carbons (Fsp3) is 0.462. The highest BCUT2D eigenvalue weighted by Gasteiger charge is 2.06. The first-order chi connectivity index (χ1) is 8.16. The number of nitrogens with two attached hydrogens (primary N) is 1. The third-order valence-corrected chi connectivity index (χ3v) is 3.72. The highest BCUT2D eigenvalue weighted by atomic mass is 32.2. The Hall–Kier alpha value is -0.740. The predicted octanol–water partition coefficient (Wildman–Crippen LogP) is 3.18. The Bertz CT molecular complexity index is 378. The van der Waals surface area contributed by atoms with Crippen LogP contribution in [0.4, 0.5) is 5.69 Å². The molecule has 0 fully saturated rings. The van der Waals surface area contributed by atoms with Crippen molar-refractivity contribution < 1.29 is 0 Å². The molecule has 0 spiro atoms. The van der Waals surface area contributed by atoms with Crippen molar-refractivity contribution in [2.75, 3.05) is 23.4 Å². The Balaban J connectivity index is 2.60. The molecule has 0 radical (unpaired) electrons. The van der Waals surface area contributed by atoms with Crippen LogP contribution < -0.4 is 11.1 Å². The van der Waals surface area contributed by atoms with Gasteiger partial charge in [-0.1, -0.05) is 31.3 Å². The zero-order chi connectivity index (χ0) is 12.7. The summed E-state index contributed by atoms with van der Waals surface area (Å²) in [4.78, 5) is 0.458. The maximum atomic E-state index is 5.72. The summed E-state index contributed by atoms with van der Waals surface area (Å²) in [5, 5.41) is 3.44. The van der Waals surface area contributed by atoms with E-state index in [0.717, 1.165) is 24.2 Å². The van der Waals surface area contributed by atoms with Gasteiger partial charge in [-0.25, -0.2) is 0 Å². The molecule has 0 aromatic heterocycles. The van der Waals surface area contributed by atoms with Crippen molar-refractivity contribution in [2.24, 2.45) is 5.73 Å². The molecular formula is C13H20N2S2. The number of thiocarbonyl (C=S) groups is 1. The van der Waals surface area contributed by atoms with Crippen molar-refractivity contribution in [3.05, 3.63) is 29.3 Å². The standard InChI is InChI=1S/C13H20N2S2/c1-3-17-9-5-8-15-12-10(2)6-4-7-11(12)13(14)16/h4,6-7,15H,3,5,8-9H2,1-2H3,(H2,14,16). The van der Waals surface area contributed by atoms with Crippen LogP contribution in [0, 0.1) is 6.92 Å². The summed E-state index contributed by atoms with van der Waals surface area (Å²) in [6, 6.07) is 6.03. The van der Waals surface area contributed by atoms with Gasteiger partial charge in [-0.15, -0.1) is 0 Å². The molecule has 0 amide bonds. The number of thioether (sulfide) groups is 1. The minimum absolute atomic E-state index is 0.458. The van der Waals surface area contributed by atoms with Crippen molar-refractivity contribution >= 4 is 34.7 Å². The van der Waals surface area contributed by atoms with Crippen molar-refractivity contribution in [3.8, 4) is 0 Å². The molecule has 17 heavy (non-hydrogen) atoms. The van der Waals surface area contributed by atoms with Gasteiger partial charge in [0.25, 0.3) is 0 Å². The molecule has 1 aromatic rings. The van der Waals surface area contributed by atoms with Crippen LogP contribution in [0.5, 0.6) is 0 Å². The van der Waals surface area contributed by atoms with Crippen molar-refractivity contribution in [3.63, 3.8) is 0 Å². The van der Waals surface area contributed by atoms with Crippen LogP contribution in [-0.2, 0) is 0 Å². The SMILES string of the molecule is CCSCCCNc1c(C)cccc1C(N)=S. The monoisotopic (exact) mass is 268 g/mol. The summed E-state index contributed by atoms with van der Waals surface area (Å²) in [5.74, 6) is 2.38. The van der Waals surface area contributed by atoms with Gasteiger partial charge in [-0.05, 0) is 36.5 Å². The first kappa shape index (κ1) is 14.3. The van der Waals surface area contributed by atoms with E-state index < -0.39 is 0 Å². The van der Waals surface area contributed by atoms with Crippen LogP contribution >= 0.6 is 24.0 Å². The van der Waals surface area contributed by atoms with Gasteiger partial charge in [0, 0.05) is 17.8 Å². The number of para-hydroxylation sites is 1. The minimum atomic E-state index is 0.458. The third kappa shape index (κ3) is 4.56. The van der Waals surface area contributed by atoms with E-state index in [4.69, 9.17) is 18.0 Å². The Labute approximate surface area is 113 Å². The van der Waals surface area contributed by atoms with Gasteiger partial charge < -0.3 is 11.1 Å². The molecule has 0 aliphatic carbocycles. The zero-order valence-corrected chi connectivity index (χ0v) is 12.1. The fourth-order valence-electron chi connectivity index (χ4n) is 1.64. The topological polar surface area (TPSA) is 38.0 Å². The molecule has 0 bridgehead atoms. The molecule has 4 heteroatoms. The van der Waals surface area contributed by atoms with Gasteiger partial charge in [0.1, 0.15) is 4.99 Å². The number of hydrogen-bond donors (Lipinski definition) is 2. The number of anilines is 1. The first-order valence-corrected chi connectivity index (χ1v) is 7.44. The Morgan fingerprint density at radius 3 is 2.88 bits per heavy atom. The lowest BCUT2D eigenvalue weighted by molar-refractivity contribution is 0.989. The van der Waals surface area contributed by atoms with Gasteiger partial charge >= 0.3 is 0 Å². The van der Waals surface area contributed by atoms with E-state index in [9.17, 15) is 0 Å². The molecule has 0 aliphatic heterocycles. The van der Waals surface area contributed by atoms with Crippen molar-refractivity contribution in [2.45, 2.75) is 20.3 Å². The Morgan fingerprint density at radius 2 is 2.24 bits per heavy atom. The molecule has 0 saturated carbocycles. The maximum absolute atomic E-state index is 5.72. The summed E-state index contributed by atoms with van der Waals surface area (Å²) < 4.78 is 0. The van der Waals surface area contributed by atoms with E-state index in [-0.39, 0.29) is 0 Å². The van der Waals surface area contributed by atoms with Gasteiger partial charge in [0.15, 0.2) is 0 Å². The fourth-order valence-corrected chi connectivity index (χ4v) is 2.45. The molecule has 3 N–H and O–H groups in total. The normalized spacial score (nSPS) is 10.2.